The Balaban J connectivity index is 1.69. The molecule has 2 heterocycles. The number of hydrogen-bond donors (Lipinski definition) is 1. The summed E-state index contributed by atoms with van der Waals surface area (Å²) in [6.45, 7) is 0.741. The maximum atomic E-state index is 13.1. The minimum Gasteiger partial charge on any atom is -0.389 e. The molecule has 1 N–H and O–H groups in total. The third kappa shape index (κ3) is 2.71. The van der Waals surface area contributed by atoms with Crippen molar-refractivity contribution in [2.75, 3.05) is 13.1 Å². The highest BCUT2D eigenvalue weighted by molar-refractivity contribution is 7.09. The zero-order valence-corrected chi connectivity index (χ0v) is 11.4. The highest BCUT2D eigenvalue weighted by Crippen LogP contribution is 2.18. The van der Waals surface area contributed by atoms with Gasteiger partial charge in [0.15, 0.2) is 0 Å². The van der Waals surface area contributed by atoms with E-state index in [9.17, 15) is 14.3 Å². The summed E-state index contributed by atoms with van der Waals surface area (Å²) >= 11 is 1.39. The first kappa shape index (κ1) is 13.2. The molecule has 3 rings (SSSR count). The van der Waals surface area contributed by atoms with Crippen molar-refractivity contribution in [3.8, 4) is 0 Å². The summed E-state index contributed by atoms with van der Waals surface area (Å²) in [5.74, 6) is -0.429. The average Bonchev–Trinajstić information content (AvgIpc) is 2.83. The topological polar surface area (TPSA) is 53.4 Å². The van der Waals surface area contributed by atoms with Crippen LogP contribution in [0.2, 0.25) is 0 Å². The molecule has 1 aliphatic heterocycles. The van der Waals surface area contributed by atoms with Crippen molar-refractivity contribution in [3.05, 3.63) is 51.7 Å². The minimum absolute atomic E-state index is 0.156. The fourth-order valence-electron chi connectivity index (χ4n) is 2.09. The Morgan fingerprint density at radius 3 is 3.00 bits per heavy atom. The fraction of sp³-hybridized carbons (Fsp3) is 0.286. The summed E-state index contributed by atoms with van der Waals surface area (Å²) in [7, 11) is 0. The van der Waals surface area contributed by atoms with E-state index in [0.717, 1.165) is 10.6 Å². The van der Waals surface area contributed by atoms with Gasteiger partial charge in [-0.05, 0) is 17.7 Å². The predicted molar refractivity (Wildman–Crippen MR) is 73.2 cm³/mol. The summed E-state index contributed by atoms with van der Waals surface area (Å²) in [4.78, 5) is 17.8. The molecule has 6 heteroatoms. The number of carbonyl (C=O) groups excluding carboxylic acids is 1. The van der Waals surface area contributed by atoms with E-state index >= 15 is 0 Å². The van der Waals surface area contributed by atoms with Gasteiger partial charge in [-0.2, -0.15) is 0 Å². The quantitative estimate of drug-likeness (QED) is 0.936. The van der Waals surface area contributed by atoms with Crippen molar-refractivity contribution in [3.63, 3.8) is 0 Å². The van der Waals surface area contributed by atoms with Crippen molar-refractivity contribution in [1.82, 2.24) is 9.88 Å². The maximum Gasteiger partial charge on any atom is 0.273 e. The van der Waals surface area contributed by atoms with Crippen molar-refractivity contribution in [1.29, 1.82) is 0 Å². The molecule has 0 atom stereocenters. The molecule has 1 fully saturated rings. The number of nitrogens with zero attached hydrogens (tertiary/aromatic N) is 2. The zero-order valence-electron chi connectivity index (χ0n) is 10.6. The van der Waals surface area contributed by atoms with Gasteiger partial charge in [0.05, 0.1) is 11.1 Å². The molecule has 20 heavy (non-hydrogen) atoms. The largest absolute Gasteiger partial charge is 0.389 e. The lowest BCUT2D eigenvalue weighted by Gasteiger charge is -2.35. The van der Waals surface area contributed by atoms with Crippen LogP contribution in [0.3, 0.4) is 0 Å². The van der Waals surface area contributed by atoms with Gasteiger partial charge in [-0.25, -0.2) is 9.37 Å². The van der Waals surface area contributed by atoms with E-state index in [-0.39, 0.29) is 11.7 Å². The molecule has 0 spiro atoms. The predicted octanol–water partition coefficient (Wildman–Crippen LogP) is 1.69. The first-order chi connectivity index (χ1) is 9.61. The van der Waals surface area contributed by atoms with E-state index in [2.05, 4.69) is 4.98 Å². The van der Waals surface area contributed by atoms with Crippen LogP contribution in [-0.4, -0.2) is 40.1 Å². The molecule has 4 nitrogen and oxygen atoms in total. The SMILES string of the molecule is O=C(c1csc(Cc2cccc(F)c2)n1)N1CC(O)C1. The molecular formula is C14H13FN2O2S. The number of thiazole rings is 1. The van der Waals surface area contributed by atoms with Crippen LogP contribution < -0.4 is 0 Å². The number of β-amino-alcohol motifs (C(OH)–C–C–N with tert-alkyl or cyclic N) is 1. The number of likely N-dealkylation sites (tertiary alicyclic amines) is 1. The van der Waals surface area contributed by atoms with E-state index < -0.39 is 6.10 Å². The third-order valence-electron chi connectivity index (χ3n) is 3.16. The number of benzene rings is 1. The third-order valence-corrected chi connectivity index (χ3v) is 4.01. The van der Waals surface area contributed by atoms with Gasteiger partial charge in [-0.15, -0.1) is 11.3 Å². The lowest BCUT2D eigenvalue weighted by molar-refractivity contribution is 0.00555. The second kappa shape index (κ2) is 5.30. The van der Waals surface area contributed by atoms with Gasteiger partial charge in [0.1, 0.15) is 11.5 Å². The Morgan fingerprint density at radius 1 is 1.50 bits per heavy atom. The number of carbonyl (C=O) groups is 1. The summed E-state index contributed by atoms with van der Waals surface area (Å²) in [5.41, 5.74) is 1.23. The van der Waals surface area contributed by atoms with Crippen molar-refractivity contribution in [2.45, 2.75) is 12.5 Å². The van der Waals surface area contributed by atoms with Crippen LogP contribution in [0.1, 0.15) is 21.1 Å². The minimum atomic E-state index is -0.413. The van der Waals surface area contributed by atoms with E-state index in [0.29, 0.717) is 25.2 Å². The number of rotatable bonds is 3. The molecule has 2 aromatic rings. The standard InChI is InChI=1S/C14H13FN2O2S/c15-10-3-1-2-9(4-10)5-13-16-12(8-20-13)14(19)17-6-11(18)7-17/h1-4,8,11,18H,5-7H2. The monoisotopic (exact) mass is 292 g/mol. The molecule has 0 unspecified atom stereocenters. The molecule has 104 valence electrons. The number of amides is 1. The Labute approximate surface area is 119 Å². The van der Waals surface area contributed by atoms with E-state index in [1.165, 1.54) is 23.5 Å². The zero-order chi connectivity index (χ0) is 14.1. The fourth-order valence-corrected chi connectivity index (χ4v) is 2.90. The Kier molecular flexibility index (Phi) is 3.50. The smallest absolute Gasteiger partial charge is 0.273 e. The molecular weight excluding hydrogens is 279 g/mol. The van der Waals surface area contributed by atoms with Crippen molar-refractivity contribution in [2.24, 2.45) is 0 Å². The molecule has 1 saturated heterocycles. The van der Waals surface area contributed by atoms with Gasteiger partial charge >= 0.3 is 0 Å². The lowest BCUT2D eigenvalue weighted by atomic mass is 10.1. The highest BCUT2D eigenvalue weighted by Gasteiger charge is 2.30. The maximum absolute atomic E-state index is 13.1. The Hall–Kier alpha value is -1.79. The second-order valence-electron chi connectivity index (χ2n) is 4.80. The summed E-state index contributed by atoms with van der Waals surface area (Å²) in [6, 6.07) is 6.35. The average molecular weight is 292 g/mol. The second-order valence-corrected chi connectivity index (χ2v) is 5.74. The van der Waals surface area contributed by atoms with Gasteiger partial charge in [0.2, 0.25) is 0 Å². The molecule has 1 aromatic heterocycles. The first-order valence-electron chi connectivity index (χ1n) is 6.28. The summed E-state index contributed by atoms with van der Waals surface area (Å²) < 4.78 is 13.1. The first-order valence-corrected chi connectivity index (χ1v) is 7.16. The molecule has 0 aliphatic carbocycles. The van der Waals surface area contributed by atoms with Crippen LogP contribution in [-0.2, 0) is 6.42 Å². The van der Waals surface area contributed by atoms with Crippen LogP contribution >= 0.6 is 11.3 Å². The van der Waals surface area contributed by atoms with E-state index in [1.807, 2.05) is 6.07 Å². The molecule has 1 aliphatic rings. The molecule has 1 amide bonds. The number of aromatic nitrogens is 1. The van der Waals surface area contributed by atoms with Crippen molar-refractivity contribution >= 4 is 17.2 Å². The molecule has 0 saturated carbocycles. The van der Waals surface area contributed by atoms with Gasteiger partial charge < -0.3 is 10.0 Å². The highest BCUT2D eigenvalue weighted by atomic mass is 32.1. The summed E-state index contributed by atoms with van der Waals surface area (Å²) in [6.07, 6.45) is 0.0996. The van der Waals surface area contributed by atoms with Gasteiger partial charge in [0, 0.05) is 24.9 Å². The van der Waals surface area contributed by atoms with Crippen LogP contribution in [0.5, 0.6) is 0 Å². The van der Waals surface area contributed by atoms with Crippen LogP contribution in [0, 0.1) is 5.82 Å². The molecule has 0 bridgehead atoms. The summed E-state index contributed by atoms with van der Waals surface area (Å²) in [5, 5.41) is 11.7. The van der Waals surface area contributed by atoms with Gasteiger partial charge in [-0.3, -0.25) is 4.79 Å². The number of halogens is 1. The number of aliphatic hydroxyl groups is 1. The van der Waals surface area contributed by atoms with Crippen LogP contribution in [0.25, 0.3) is 0 Å². The van der Waals surface area contributed by atoms with E-state index in [1.54, 1.807) is 16.3 Å². The molecule has 1 aromatic carbocycles. The number of aliphatic hydroxyl groups excluding tert-OH is 1. The Bertz CT molecular complexity index is 638. The Morgan fingerprint density at radius 2 is 2.30 bits per heavy atom. The van der Waals surface area contributed by atoms with Crippen molar-refractivity contribution < 1.29 is 14.3 Å². The number of hydrogen-bond acceptors (Lipinski definition) is 4. The van der Waals surface area contributed by atoms with Crippen LogP contribution in [0.4, 0.5) is 4.39 Å². The van der Waals surface area contributed by atoms with Crippen LogP contribution in [0.15, 0.2) is 29.6 Å². The normalized spacial score (nSPS) is 15.2. The lowest BCUT2D eigenvalue weighted by Crippen LogP contribution is -2.53. The van der Waals surface area contributed by atoms with Gasteiger partial charge in [0.25, 0.3) is 5.91 Å². The van der Waals surface area contributed by atoms with Gasteiger partial charge in [-0.1, -0.05) is 12.1 Å². The van der Waals surface area contributed by atoms with E-state index in [4.69, 9.17) is 0 Å². The molecule has 0 radical (unpaired) electrons.